The third-order valence-electron chi connectivity index (χ3n) is 2.65. The predicted octanol–water partition coefficient (Wildman–Crippen LogP) is 2.56. The Morgan fingerprint density at radius 1 is 1.17 bits per heavy atom. The summed E-state index contributed by atoms with van der Waals surface area (Å²) in [5, 5.41) is 3.23. The predicted molar refractivity (Wildman–Crippen MR) is 73.6 cm³/mol. The highest BCUT2D eigenvalue weighted by Gasteiger charge is 2.18. The monoisotopic (exact) mass is 307 g/mol. The van der Waals surface area contributed by atoms with E-state index in [4.69, 9.17) is 4.74 Å². The largest absolute Gasteiger partial charge is 0.480 e. The first kappa shape index (κ1) is 13.0. The van der Waals surface area contributed by atoms with Crippen molar-refractivity contribution in [3.05, 3.63) is 52.4 Å². The van der Waals surface area contributed by atoms with E-state index in [1.54, 1.807) is 19.5 Å². The summed E-state index contributed by atoms with van der Waals surface area (Å²) in [6.07, 6.45) is 3.29. The lowest BCUT2D eigenvalue weighted by Crippen LogP contribution is -2.20. The lowest BCUT2D eigenvalue weighted by atomic mass is 10.0. The summed E-state index contributed by atoms with van der Waals surface area (Å²) in [5.74, 6) is 0.541. The summed E-state index contributed by atoms with van der Waals surface area (Å²) in [6.45, 7) is 0. The van der Waals surface area contributed by atoms with Gasteiger partial charge in [-0.15, -0.1) is 0 Å². The van der Waals surface area contributed by atoms with E-state index >= 15 is 0 Å². The van der Waals surface area contributed by atoms with Crippen LogP contribution in [0.4, 0.5) is 0 Å². The van der Waals surface area contributed by atoms with Crippen LogP contribution in [-0.4, -0.2) is 24.1 Å². The van der Waals surface area contributed by atoms with E-state index in [-0.39, 0.29) is 6.04 Å². The van der Waals surface area contributed by atoms with E-state index < -0.39 is 0 Å². The molecule has 0 aliphatic rings. The zero-order chi connectivity index (χ0) is 13.0. The molecule has 0 bridgehead atoms. The van der Waals surface area contributed by atoms with Crippen LogP contribution in [0.1, 0.15) is 17.3 Å². The van der Waals surface area contributed by atoms with E-state index in [9.17, 15) is 0 Å². The van der Waals surface area contributed by atoms with Crippen molar-refractivity contribution in [2.75, 3.05) is 14.2 Å². The molecular formula is C13H14BrN3O. The molecular weight excluding hydrogens is 294 g/mol. The number of hydrogen-bond donors (Lipinski definition) is 1. The van der Waals surface area contributed by atoms with Crippen LogP contribution >= 0.6 is 15.9 Å². The molecule has 0 saturated heterocycles. The maximum absolute atomic E-state index is 5.25. The van der Waals surface area contributed by atoms with Crippen molar-refractivity contribution in [2.45, 2.75) is 6.04 Å². The Morgan fingerprint density at radius 3 is 2.44 bits per heavy atom. The summed E-state index contributed by atoms with van der Waals surface area (Å²) in [7, 11) is 3.49. The molecule has 0 radical (unpaired) electrons. The maximum Gasteiger partial charge on any atom is 0.237 e. The number of nitrogens with one attached hydrogen (secondary N) is 1. The van der Waals surface area contributed by atoms with Gasteiger partial charge in [0.1, 0.15) is 5.69 Å². The van der Waals surface area contributed by atoms with Crippen molar-refractivity contribution >= 4 is 15.9 Å². The second-order valence-corrected chi connectivity index (χ2v) is 4.64. The summed E-state index contributed by atoms with van der Waals surface area (Å²) >= 11 is 3.43. The number of nitrogens with zero attached hydrogens (tertiary/aromatic N) is 2. The second kappa shape index (κ2) is 5.93. The van der Waals surface area contributed by atoms with Crippen LogP contribution in [0, 0.1) is 0 Å². The number of benzene rings is 1. The molecule has 2 aromatic rings. The number of hydrogen-bond acceptors (Lipinski definition) is 4. The molecule has 94 valence electrons. The van der Waals surface area contributed by atoms with Crippen molar-refractivity contribution in [2.24, 2.45) is 0 Å². The summed E-state index contributed by atoms with van der Waals surface area (Å²) < 4.78 is 6.30. The topological polar surface area (TPSA) is 47.0 Å². The lowest BCUT2D eigenvalue weighted by molar-refractivity contribution is 0.384. The van der Waals surface area contributed by atoms with Gasteiger partial charge in [-0.2, -0.15) is 0 Å². The molecule has 0 amide bonds. The first-order chi connectivity index (χ1) is 8.76. The molecule has 4 nitrogen and oxygen atoms in total. The molecule has 1 atom stereocenters. The van der Waals surface area contributed by atoms with Crippen molar-refractivity contribution in [1.82, 2.24) is 15.3 Å². The minimum Gasteiger partial charge on any atom is -0.480 e. The van der Waals surface area contributed by atoms with Crippen LogP contribution in [0.5, 0.6) is 5.88 Å². The maximum atomic E-state index is 5.25. The highest BCUT2D eigenvalue weighted by atomic mass is 79.9. The molecule has 1 aromatic carbocycles. The Morgan fingerprint density at radius 2 is 1.83 bits per heavy atom. The SMILES string of the molecule is CNC(c1ccc(Br)cc1)c1nccnc1OC. The average molecular weight is 308 g/mol. The third-order valence-corrected chi connectivity index (χ3v) is 3.18. The van der Waals surface area contributed by atoms with Gasteiger partial charge < -0.3 is 10.1 Å². The van der Waals surface area contributed by atoms with E-state index in [2.05, 4.69) is 31.2 Å². The minimum atomic E-state index is -0.0400. The molecule has 1 heterocycles. The molecule has 1 aromatic heterocycles. The van der Waals surface area contributed by atoms with Gasteiger partial charge in [0.05, 0.1) is 13.2 Å². The quantitative estimate of drug-likeness (QED) is 0.943. The summed E-state index contributed by atoms with van der Waals surface area (Å²) in [6, 6.07) is 8.05. The van der Waals surface area contributed by atoms with Gasteiger partial charge in [-0.25, -0.2) is 4.98 Å². The van der Waals surface area contributed by atoms with E-state index in [0.717, 1.165) is 15.7 Å². The molecule has 1 unspecified atom stereocenters. The highest BCUT2D eigenvalue weighted by molar-refractivity contribution is 9.10. The third kappa shape index (κ3) is 2.68. The van der Waals surface area contributed by atoms with Crippen LogP contribution < -0.4 is 10.1 Å². The number of ether oxygens (including phenoxy) is 1. The Labute approximate surface area is 115 Å². The average Bonchev–Trinajstić information content (AvgIpc) is 2.42. The fourth-order valence-electron chi connectivity index (χ4n) is 1.81. The van der Waals surface area contributed by atoms with Crippen LogP contribution in [-0.2, 0) is 0 Å². The smallest absolute Gasteiger partial charge is 0.237 e. The van der Waals surface area contributed by atoms with Crippen molar-refractivity contribution in [3.63, 3.8) is 0 Å². The van der Waals surface area contributed by atoms with Gasteiger partial charge in [-0.3, -0.25) is 4.98 Å². The molecule has 5 heteroatoms. The number of rotatable bonds is 4. The van der Waals surface area contributed by atoms with Crippen molar-refractivity contribution < 1.29 is 4.74 Å². The molecule has 2 rings (SSSR count). The Balaban J connectivity index is 2.41. The summed E-state index contributed by atoms with van der Waals surface area (Å²) in [5.41, 5.74) is 1.89. The molecule has 0 aliphatic carbocycles. The molecule has 0 fully saturated rings. The molecule has 18 heavy (non-hydrogen) atoms. The zero-order valence-electron chi connectivity index (χ0n) is 10.2. The fourth-order valence-corrected chi connectivity index (χ4v) is 2.07. The van der Waals surface area contributed by atoms with Gasteiger partial charge in [-0.1, -0.05) is 28.1 Å². The number of aromatic nitrogens is 2. The lowest BCUT2D eigenvalue weighted by Gasteiger charge is -2.17. The number of halogens is 1. The number of methoxy groups -OCH3 is 1. The van der Waals surface area contributed by atoms with Gasteiger partial charge >= 0.3 is 0 Å². The Kier molecular flexibility index (Phi) is 4.28. The van der Waals surface area contributed by atoms with Crippen LogP contribution in [0.15, 0.2) is 41.1 Å². The van der Waals surface area contributed by atoms with Gasteiger partial charge in [-0.05, 0) is 24.7 Å². The molecule has 0 spiro atoms. The fraction of sp³-hybridized carbons (Fsp3) is 0.231. The van der Waals surface area contributed by atoms with Gasteiger partial charge in [0.2, 0.25) is 5.88 Å². The first-order valence-corrected chi connectivity index (χ1v) is 6.33. The zero-order valence-corrected chi connectivity index (χ0v) is 11.8. The van der Waals surface area contributed by atoms with E-state index in [1.165, 1.54) is 0 Å². The second-order valence-electron chi connectivity index (χ2n) is 3.72. The molecule has 0 saturated carbocycles. The van der Waals surface area contributed by atoms with Gasteiger partial charge in [0.15, 0.2) is 0 Å². The van der Waals surface area contributed by atoms with E-state index in [1.807, 2.05) is 31.3 Å². The van der Waals surface area contributed by atoms with Crippen LogP contribution in [0.3, 0.4) is 0 Å². The van der Waals surface area contributed by atoms with Crippen LogP contribution in [0.2, 0.25) is 0 Å². The van der Waals surface area contributed by atoms with Crippen molar-refractivity contribution in [3.8, 4) is 5.88 Å². The van der Waals surface area contributed by atoms with E-state index in [0.29, 0.717) is 5.88 Å². The Bertz CT molecular complexity index is 516. The summed E-state index contributed by atoms with van der Waals surface area (Å²) in [4.78, 5) is 8.53. The molecule has 0 aliphatic heterocycles. The first-order valence-electron chi connectivity index (χ1n) is 5.54. The minimum absolute atomic E-state index is 0.0400. The van der Waals surface area contributed by atoms with Gasteiger partial charge in [0, 0.05) is 16.9 Å². The normalized spacial score (nSPS) is 12.2. The molecule has 1 N–H and O–H groups in total. The van der Waals surface area contributed by atoms with Crippen LogP contribution in [0.25, 0.3) is 0 Å². The van der Waals surface area contributed by atoms with Crippen molar-refractivity contribution in [1.29, 1.82) is 0 Å². The standard InChI is InChI=1S/C13H14BrN3O/c1-15-11(9-3-5-10(14)6-4-9)12-13(18-2)17-8-7-16-12/h3-8,11,15H,1-2H3. The highest BCUT2D eigenvalue weighted by Crippen LogP contribution is 2.26. The Hall–Kier alpha value is -1.46. The van der Waals surface area contributed by atoms with Gasteiger partial charge in [0.25, 0.3) is 0 Å².